The topological polar surface area (TPSA) is 105 Å². The summed E-state index contributed by atoms with van der Waals surface area (Å²) in [4.78, 5) is 33.7. The largest absolute Gasteiger partial charge is 0.573 e. The van der Waals surface area contributed by atoms with Crippen LogP contribution in [-0.2, 0) is 4.79 Å². The fourth-order valence-corrected chi connectivity index (χ4v) is 4.68. The van der Waals surface area contributed by atoms with Crippen LogP contribution in [0, 0.1) is 16.9 Å². The van der Waals surface area contributed by atoms with E-state index < -0.39 is 46.5 Å². The molecule has 3 aromatic rings. The molecule has 15 heteroatoms. The maximum atomic E-state index is 14.5. The molecule has 196 valence electrons. The number of nitrogens with one attached hydrogen (secondary N) is 1. The second-order valence-electron chi connectivity index (χ2n) is 7.92. The zero-order chi connectivity index (χ0) is 26.9. The summed E-state index contributed by atoms with van der Waals surface area (Å²) < 4.78 is 69.2. The first-order chi connectivity index (χ1) is 17.4. The lowest BCUT2D eigenvalue weighted by atomic mass is 9.97. The summed E-state index contributed by atoms with van der Waals surface area (Å²) >= 11 is 6.71. The Morgan fingerprint density at radius 2 is 1.89 bits per heavy atom. The molecule has 1 aromatic carbocycles. The number of hydrogen-bond donors (Lipinski definition) is 2. The highest BCUT2D eigenvalue weighted by Gasteiger charge is 2.33. The number of carboxylic acids is 1. The number of pyridine rings is 1. The Balaban J connectivity index is 1.47. The van der Waals surface area contributed by atoms with Crippen molar-refractivity contribution < 1.29 is 41.4 Å². The quantitative estimate of drug-likeness (QED) is 0.377. The van der Waals surface area contributed by atoms with Gasteiger partial charge in [0, 0.05) is 24.8 Å². The highest BCUT2D eigenvalue weighted by atomic mass is 35.5. The molecule has 3 heterocycles. The zero-order valence-corrected chi connectivity index (χ0v) is 20.1. The van der Waals surface area contributed by atoms with Crippen molar-refractivity contribution in [2.45, 2.75) is 19.2 Å². The lowest BCUT2D eigenvalue weighted by molar-refractivity contribution is -0.275. The number of carbonyl (C=O) groups excluding carboxylic acids is 1. The number of rotatable bonds is 6. The van der Waals surface area contributed by atoms with Crippen molar-refractivity contribution in [2.24, 2.45) is 5.92 Å². The van der Waals surface area contributed by atoms with Crippen LogP contribution in [0.2, 0.25) is 5.02 Å². The van der Waals surface area contributed by atoms with Gasteiger partial charge in [0.1, 0.15) is 11.5 Å². The summed E-state index contributed by atoms with van der Waals surface area (Å²) in [5.74, 6) is -4.10. The maximum absolute atomic E-state index is 14.5. The van der Waals surface area contributed by atoms with Crippen molar-refractivity contribution in [3.63, 3.8) is 0 Å². The third kappa shape index (κ3) is 6.25. The number of alkyl halides is 3. The summed E-state index contributed by atoms with van der Waals surface area (Å²) in [6, 6.07) is 3.68. The van der Waals surface area contributed by atoms with Crippen molar-refractivity contribution >= 4 is 45.8 Å². The number of halogens is 6. The summed E-state index contributed by atoms with van der Waals surface area (Å²) in [7, 11) is 0. The smallest absolute Gasteiger partial charge is 0.481 e. The van der Waals surface area contributed by atoms with Gasteiger partial charge in [-0.15, -0.1) is 13.2 Å². The second kappa shape index (κ2) is 10.5. The Bertz CT molecular complexity index is 1350. The molecule has 0 saturated carbocycles. The standard InChI is InChI=1S/C22H16ClF5N4O4S/c23-13-7-12(9-29-18(13)32-5-3-10(4-6-32)20(34)35)19(33)31-21-30-16(17(25)37-21)11-1-2-14(24)15(8-11)36-22(26,27)28/h1-2,7-10H,3-6H2,(H,34,35)(H,30,31,33). The fourth-order valence-electron chi connectivity index (χ4n) is 3.68. The van der Waals surface area contributed by atoms with E-state index in [4.69, 9.17) is 16.7 Å². The monoisotopic (exact) mass is 562 g/mol. The van der Waals surface area contributed by atoms with Gasteiger partial charge in [0.05, 0.1) is 16.5 Å². The first kappa shape index (κ1) is 26.5. The predicted molar refractivity (Wildman–Crippen MR) is 124 cm³/mol. The average molecular weight is 563 g/mol. The van der Waals surface area contributed by atoms with E-state index in [0.717, 1.165) is 6.07 Å². The number of piperidine rings is 1. The molecular formula is C22H16ClF5N4O4S. The number of nitrogens with zero attached hydrogens (tertiary/aromatic N) is 3. The number of carboxylic acid groups (broad SMARTS) is 1. The van der Waals surface area contributed by atoms with Gasteiger partial charge in [0.15, 0.2) is 16.7 Å². The van der Waals surface area contributed by atoms with E-state index in [1.54, 1.807) is 0 Å². The van der Waals surface area contributed by atoms with Crippen LogP contribution in [-0.4, -0.2) is 46.4 Å². The van der Waals surface area contributed by atoms with Crippen molar-refractivity contribution in [1.82, 2.24) is 9.97 Å². The van der Waals surface area contributed by atoms with Gasteiger partial charge >= 0.3 is 12.3 Å². The van der Waals surface area contributed by atoms with Crippen LogP contribution in [0.15, 0.2) is 30.5 Å². The Morgan fingerprint density at radius 1 is 1.19 bits per heavy atom. The molecule has 0 atom stereocenters. The van der Waals surface area contributed by atoms with Crippen LogP contribution < -0.4 is 15.0 Å². The minimum Gasteiger partial charge on any atom is -0.481 e. The Hall–Kier alpha value is -3.52. The van der Waals surface area contributed by atoms with Crippen LogP contribution in [0.1, 0.15) is 23.2 Å². The van der Waals surface area contributed by atoms with E-state index in [9.17, 15) is 31.5 Å². The van der Waals surface area contributed by atoms with Crippen LogP contribution >= 0.6 is 22.9 Å². The van der Waals surface area contributed by atoms with E-state index in [1.807, 2.05) is 4.90 Å². The molecule has 0 unspecified atom stereocenters. The number of carbonyl (C=O) groups is 2. The van der Waals surface area contributed by atoms with E-state index in [-0.39, 0.29) is 21.3 Å². The van der Waals surface area contributed by atoms with Crippen molar-refractivity contribution in [3.05, 3.63) is 52.0 Å². The molecule has 0 bridgehead atoms. The van der Waals surface area contributed by atoms with Gasteiger partial charge in [-0.3, -0.25) is 14.9 Å². The highest BCUT2D eigenvalue weighted by Crippen LogP contribution is 2.35. The molecule has 1 aliphatic heterocycles. The van der Waals surface area contributed by atoms with Crippen LogP contribution in [0.4, 0.5) is 32.9 Å². The number of aromatic nitrogens is 2. The fraction of sp³-hybridized carbons (Fsp3) is 0.273. The molecule has 0 spiro atoms. The number of thiazole rings is 1. The summed E-state index contributed by atoms with van der Waals surface area (Å²) in [5.41, 5.74) is -0.590. The third-order valence-electron chi connectivity index (χ3n) is 5.46. The summed E-state index contributed by atoms with van der Waals surface area (Å²) in [5, 5.41) is 10.5. The van der Waals surface area contributed by atoms with Gasteiger partial charge in [-0.25, -0.2) is 14.4 Å². The van der Waals surface area contributed by atoms with Gasteiger partial charge in [-0.05, 0) is 37.1 Å². The summed E-state index contributed by atoms with van der Waals surface area (Å²) in [6.07, 6.45) is -3.07. The second-order valence-corrected chi connectivity index (χ2v) is 9.27. The van der Waals surface area contributed by atoms with Gasteiger partial charge in [-0.2, -0.15) is 4.39 Å². The maximum Gasteiger partial charge on any atom is 0.573 e. The molecule has 2 N–H and O–H groups in total. The lowest BCUT2D eigenvalue weighted by Gasteiger charge is -2.31. The molecule has 1 fully saturated rings. The van der Waals surface area contributed by atoms with E-state index in [2.05, 4.69) is 20.0 Å². The Kier molecular flexibility index (Phi) is 7.50. The van der Waals surface area contributed by atoms with E-state index >= 15 is 0 Å². The van der Waals surface area contributed by atoms with Crippen LogP contribution in [0.25, 0.3) is 11.3 Å². The van der Waals surface area contributed by atoms with Gasteiger partial charge in [0.2, 0.25) is 5.13 Å². The number of benzene rings is 1. The number of amides is 1. The summed E-state index contributed by atoms with van der Waals surface area (Å²) in [6.45, 7) is 0.852. The highest BCUT2D eigenvalue weighted by molar-refractivity contribution is 7.14. The van der Waals surface area contributed by atoms with Gasteiger partial charge < -0.3 is 14.7 Å². The van der Waals surface area contributed by atoms with Crippen molar-refractivity contribution in [2.75, 3.05) is 23.3 Å². The molecule has 2 aromatic heterocycles. The lowest BCUT2D eigenvalue weighted by Crippen LogP contribution is -2.37. The number of aliphatic carboxylic acids is 1. The molecular weight excluding hydrogens is 547 g/mol. The molecule has 37 heavy (non-hydrogen) atoms. The van der Waals surface area contributed by atoms with E-state index in [0.29, 0.717) is 55.2 Å². The molecule has 4 rings (SSSR count). The predicted octanol–water partition coefficient (Wildman–Crippen LogP) is 5.59. The van der Waals surface area contributed by atoms with Crippen molar-refractivity contribution in [3.8, 4) is 17.0 Å². The van der Waals surface area contributed by atoms with Crippen molar-refractivity contribution in [1.29, 1.82) is 0 Å². The van der Waals surface area contributed by atoms with Gasteiger partial charge in [0.25, 0.3) is 5.91 Å². The molecule has 8 nitrogen and oxygen atoms in total. The first-order valence-electron chi connectivity index (χ1n) is 10.6. The first-order valence-corrected chi connectivity index (χ1v) is 11.8. The Labute approximate surface area is 214 Å². The van der Waals surface area contributed by atoms with Crippen LogP contribution in [0.3, 0.4) is 0 Å². The number of anilines is 2. The average Bonchev–Trinajstić information content (AvgIpc) is 3.19. The van der Waals surface area contributed by atoms with E-state index in [1.165, 1.54) is 12.3 Å². The van der Waals surface area contributed by atoms with Gasteiger partial charge in [-0.1, -0.05) is 22.9 Å². The minimum absolute atomic E-state index is 0.0222. The number of ether oxygens (including phenoxy) is 1. The molecule has 0 radical (unpaired) electrons. The third-order valence-corrected chi connectivity index (χ3v) is 6.50. The molecule has 1 saturated heterocycles. The molecule has 1 aliphatic rings. The molecule has 0 aliphatic carbocycles. The SMILES string of the molecule is O=C(Nc1nc(-c2ccc(F)c(OC(F)(F)F)c2)c(F)s1)c1cnc(N2CCC(C(=O)O)CC2)c(Cl)c1. The van der Waals surface area contributed by atoms with Crippen LogP contribution in [0.5, 0.6) is 5.75 Å². The Morgan fingerprint density at radius 3 is 2.51 bits per heavy atom. The molecule has 1 amide bonds. The minimum atomic E-state index is -5.15. The normalized spacial score (nSPS) is 14.5. The number of hydrogen-bond acceptors (Lipinski definition) is 7. The zero-order valence-electron chi connectivity index (χ0n) is 18.5.